The Morgan fingerprint density at radius 1 is 0.971 bits per heavy atom. The van der Waals surface area contributed by atoms with Crippen LogP contribution in [0.25, 0.3) is 11.2 Å². The molecule has 2 N–H and O–H groups in total. The van der Waals surface area contributed by atoms with Crippen LogP contribution in [-0.2, 0) is 13.0 Å². The molecule has 0 atom stereocenters. The molecule has 34 heavy (non-hydrogen) atoms. The fourth-order valence-corrected chi connectivity index (χ4v) is 4.89. The van der Waals surface area contributed by atoms with Crippen molar-refractivity contribution in [2.75, 3.05) is 12.5 Å². The van der Waals surface area contributed by atoms with Crippen LogP contribution in [0.15, 0.2) is 33.0 Å². The molecule has 0 spiro atoms. The molecule has 0 unspecified atom stereocenters. The van der Waals surface area contributed by atoms with Crippen molar-refractivity contribution in [2.45, 2.75) is 23.0 Å². The first-order chi connectivity index (χ1) is 16.3. The molecule has 0 amide bonds. The summed E-state index contributed by atoms with van der Waals surface area (Å²) in [6.45, 7) is -0.141. The van der Waals surface area contributed by atoms with Crippen LogP contribution >= 0.6 is 27.7 Å². The zero-order chi connectivity index (χ0) is 24.1. The lowest BCUT2D eigenvalue weighted by atomic mass is 10.1. The van der Waals surface area contributed by atoms with Gasteiger partial charge in [0.05, 0.1) is 0 Å². The lowest BCUT2D eigenvalue weighted by molar-refractivity contribution is 0.174. The minimum Gasteiger partial charge on any atom is -0.454 e. The molecule has 0 aliphatic carbocycles. The van der Waals surface area contributed by atoms with Crippen LogP contribution in [0.3, 0.4) is 0 Å². The standard InChI is InChI=1S/C20H11BrF5N5O2S/c21-8-3-9-10(33-6-32-9)4-11(8)34-20-30-17-18(27)28-5-29-19(17)31(20)2-1-7-12(22)14(24)16(26)15(25)13(7)23/h3-5H,1-2,6H2,(H2,27,28,29). The predicted octanol–water partition coefficient (Wildman–Crippen LogP) is 4.99. The van der Waals surface area contributed by atoms with Crippen molar-refractivity contribution in [3.63, 3.8) is 0 Å². The number of halogens is 6. The van der Waals surface area contributed by atoms with Gasteiger partial charge in [-0.3, -0.25) is 0 Å². The minimum atomic E-state index is -2.21. The number of hydrogen-bond acceptors (Lipinski definition) is 7. The summed E-state index contributed by atoms with van der Waals surface area (Å²) >= 11 is 4.59. The fourth-order valence-electron chi connectivity index (χ4n) is 3.38. The van der Waals surface area contributed by atoms with Crippen LogP contribution in [-0.4, -0.2) is 26.3 Å². The number of imidazole rings is 1. The maximum absolute atomic E-state index is 14.2. The summed E-state index contributed by atoms with van der Waals surface area (Å²) < 4.78 is 82.0. The molecule has 4 aromatic rings. The zero-order valence-electron chi connectivity index (χ0n) is 16.7. The van der Waals surface area contributed by atoms with Gasteiger partial charge in [-0.2, -0.15) is 0 Å². The average Bonchev–Trinajstić information content (AvgIpc) is 3.41. The largest absolute Gasteiger partial charge is 0.454 e. The summed E-state index contributed by atoms with van der Waals surface area (Å²) in [5.74, 6) is -8.88. The van der Waals surface area contributed by atoms with Crippen LogP contribution in [0.5, 0.6) is 11.5 Å². The molecule has 5 rings (SSSR count). The van der Waals surface area contributed by atoms with Gasteiger partial charge in [0, 0.05) is 21.5 Å². The van der Waals surface area contributed by atoms with E-state index in [0.29, 0.717) is 26.0 Å². The molecule has 0 saturated carbocycles. The first-order valence-corrected chi connectivity index (χ1v) is 11.1. The molecule has 0 saturated heterocycles. The number of aryl methyl sites for hydroxylation is 1. The van der Waals surface area contributed by atoms with E-state index in [-0.39, 0.29) is 30.3 Å². The van der Waals surface area contributed by atoms with Crippen molar-refractivity contribution in [3.05, 3.63) is 57.6 Å². The topological polar surface area (TPSA) is 88.1 Å². The van der Waals surface area contributed by atoms with Gasteiger partial charge in [0.25, 0.3) is 0 Å². The van der Waals surface area contributed by atoms with Gasteiger partial charge >= 0.3 is 0 Å². The summed E-state index contributed by atoms with van der Waals surface area (Å²) in [4.78, 5) is 13.1. The summed E-state index contributed by atoms with van der Waals surface area (Å²) in [5, 5.41) is 0.297. The number of ether oxygens (including phenoxy) is 2. The fraction of sp³-hybridized carbons (Fsp3) is 0.150. The Hall–Kier alpha value is -3.13. The quantitative estimate of drug-likeness (QED) is 0.209. The average molecular weight is 560 g/mol. The maximum atomic E-state index is 14.2. The van der Waals surface area contributed by atoms with Crippen molar-refractivity contribution in [2.24, 2.45) is 0 Å². The number of hydrogen-bond donors (Lipinski definition) is 1. The van der Waals surface area contributed by atoms with Gasteiger partial charge in [-0.15, -0.1) is 0 Å². The molecule has 3 heterocycles. The van der Waals surface area contributed by atoms with Gasteiger partial charge in [0.1, 0.15) is 6.33 Å². The highest BCUT2D eigenvalue weighted by Gasteiger charge is 2.26. The summed E-state index contributed by atoms with van der Waals surface area (Å²) in [5.41, 5.74) is 5.41. The Balaban J connectivity index is 1.56. The molecule has 2 aromatic carbocycles. The van der Waals surface area contributed by atoms with E-state index in [0.717, 1.165) is 11.8 Å². The number of aromatic nitrogens is 4. The Kier molecular flexibility index (Phi) is 5.72. The molecule has 1 aliphatic rings. The van der Waals surface area contributed by atoms with Gasteiger partial charge in [-0.1, -0.05) is 11.8 Å². The molecule has 7 nitrogen and oxygen atoms in total. The van der Waals surface area contributed by atoms with E-state index < -0.39 is 41.1 Å². The van der Waals surface area contributed by atoms with Gasteiger partial charge < -0.3 is 19.8 Å². The van der Waals surface area contributed by atoms with E-state index in [9.17, 15) is 22.0 Å². The Bertz CT molecular complexity index is 1440. The molecule has 1 aliphatic heterocycles. The molecule has 14 heteroatoms. The first kappa shape index (κ1) is 22.7. The van der Waals surface area contributed by atoms with Gasteiger partial charge in [0.2, 0.25) is 12.6 Å². The van der Waals surface area contributed by atoms with Crippen LogP contribution < -0.4 is 15.2 Å². The van der Waals surface area contributed by atoms with Gasteiger partial charge in [-0.05, 0) is 34.5 Å². The third-order valence-corrected chi connectivity index (χ3v) is 7.01. The predicted molar refractivity (Wildman–Crippen MR) is 114 cm³/mol. The second-order valence-corrected chi connectivity index (χ2v) is 8.88. The second-order valence-electron chi connectivity index (χ2n) is 7.01. The van der Waals surface area contributed by atoms with Crippen LogP contribution in [0.1, 0.15) is 5.56 Å². The van der Waals surface area contributed by atoms with E-state index in [4.69, 9.17) is 15.2 Å². The third-order valence-electron chi connectivity index (χ3n) is 5.04. The SMILES string of the molecule is Nc1ncnc2c1nc(Sc1cc3c(cc1Br)OCO3)n2CCc1c(F)c(F)c(F)c(F)c1F. The number of nitrogens with two attached hydrogens (primary N) is 1. The monoisotopic (exact) mass is 559 g/mol. The molecular weight excluding hydrogens is 549 g/mol. The highest BCUT2D eigenvalue weighted by atomic mass is 79.9. The molecule has 2 aromatic heterocycles. The van der Waals surface area contributed by atoms with Crippen molar-refractivity contribution < 1.29 is 31.4 Å². The van der Waals surface area contributed by atoms with E-state index >= 15 is 0 Å². The van der Waals surface area contributed by atoms with Crippen molar-refractivity contribution in [1.29, 1.82) is 0 Å². The van der Waals surface area contributed by atoms with Crippen LogP contribution in [0.4, 0.5) is 27.8 Å². The smallest absolute Gasteiger partial charge is 0.231 e. The number of rotatable bonds is 5. The van der Waals surface area contributed by atoms with Crippen molar-refractivity contribution in [3.8, 4) is 11.5 Å². The van der Waals surface area contributed by atoms with Crippen molar-refractivity contribution in [1.82, 2.24) is 19.5 Å². The van der Waals surface area contributed by atoms with Gasteiger partial charge in [0.15, 0.2) is 56.9 Å². The molecule has 0 fully saturated rings. The minimum absolute atomic E-state index is 0.0617. The summed E-state index contributed by atoms with van der Waals surface area (Å²) in [6, 6.07) is 3.42. The van der Waals surface area contributed by atoms with E-state index in [1.54, 1.807) is 12.1 Å². The van der Waals surface area contributed by atoms with E-state index in [1.165, 1.54) is 10.9 Å². The molecule has 0 radical (unpaired) electrons. The highest BCUT2D eigenvalue weighted by Crippen LogP contribution is 2.43. The first-order valence-electron chi connectivity index (χ1n) is 9.50. The Morgan fingerprint density at radius 2 is 1.62 bits per heavy atom. The normalized spacial score (nSPS) is 12.6. The number of nitrogens with zero attached hydrogens (tertiary/aromatic N) is 4. The van der Waals surface area contributed by atoms with E-state index in [1.807, 2.05) is 0 Å². The third kappa shape index (κ3) is 3.70. The van der Waals surface area contributed by atoms with Gasteiger partial charge in [-0.25, -0.2) is 36.9 Å². The van der Waals surface area contributed by atoms with E-state index in [2.05, 4.69) is 30.9 Å². The molecular formula is C20H11BrF5N5O2S. The highest BCUT2D eigenvalue weighted by molar-refractivity contribution is 9.10. The maximum Gasteiger partial charge on any atom is 0.231 e. The number of fused-ring (bicyclic) bond motifs is 2. The summed E-state index contributed by atoms with van der Waals surface area (Å²) in [6.07, 6.45) is 0.649. The zero-order valence-corrected chi connectivity index (χ0v) is 19.1. The number of benzene rings is 2. The Morgan fingerprint density at radius 3 is 2.32 bits per heavy atom. The Labute approximate surface area is 200 Å². The van der Waals surface area contributed by atoms with Crippen LogP contribution in [0.2, 0.25) is 0 Å². The lowest BCUT2D eigenvalue weighted by Gasteiger charge is -2.12. The molecule has 0 bridgehead atoms. The lowest BCUT2D eigenvalue weighted by Crippen LogP contribution is -2.11. The van der Waals surface area contributed by atoms with Crippen molar-refractivity contribution >= 4 is 44.7 Å². The number of anilines is 1. The molecule has 176 valence electrons. The second kappa shape index (κ2) is 8.58. The number of nitrogen functional groups attached to an aromatic ring is 1. The van der Waals surface area contributed by atoms with Crippen LogP contribution in [0, 0.1) is 29.1 Å². The summed E-state index contributed by atoms with van der Waals surface area (Å²) in [7, 11) is 0.